The van der Waals surface area contributed by atoms with Gasteiger partial charge in [-0.15, -0.1) is 12.4 Å². The lowest BCUT2D eigenvalue weighted by molar-refractivity contribution is 0.192. The predicted molar refractivity (Wildman–Crippen MR) is 77.6 cm³/mol. The first-order valence-corrected chi connectivity index (χ1v) is 6.35. The second kappa shape index (κ2) is 7.62. The zero-order valence-corrected chi connectivity index (χ0v) is 12.0. The van der Waals surface area contributed by atoms with Crippen LogP contribution in [0, 0.1) is 0 Å². The van der Waals surface area contributed by atoms with E-state index in [0.29, 0.717) is 6.04 Å². The Bertz CT molecular complexity index is 351. The van der Waals surface area contributed by atoms with Gasteiger partial charge in [-0.05, 0) is 39.0 Å². The van der Waals surface area contributed by atoms with Crippen LogP contribution in [0.3, 0.4) is 0 Å². The summed E-state index contributed by atoms with van der Waals surface area (Å²) < 4.78 is 5.39. The SMILES string of the molecule is CNC1CCN(Cc2ccccc2OC)CC1.Cl. The van der Waals surface area contributed by atoms with Crippen LogP contribution in [0.1, 0.15) is 18.4 Å². The molecule has 1 aliphatic heterocycles. The van der Waals surface area contributed by atoms with Crippen LogP contribution in [0.2, 0.25) is 0 Å². The molecule has 1 fully saturated rings. The summed E-state index contributed by atoms with van der Waals surface area (Å²) in [5.74, 6) is 1.00. The van der Waals surface area contributed by atoms with Crippen LogP contribution in [0.15, 0.2) is 24.3 Å². The molecule has 4 heteroatoms. The van der Waals surface area contributed by atoms with E-state index in [9.17, 15) is 0 Å². The third-order valence-corrected chi connectivity index (χ3v) is 3.58. The molecule has 0 bridgehead atoms. The van der Waals surface area contributed by atoms with Gasteiger partial charge in [0.1, 0.15) is 5.75 Å². The summed E-state index contributed by atoms with van der Waals surface area (Å²) in [6, 6.07) is 9.00. The van der Waals surface area contributed by atoms with Gasteiger partial charge in [0.2, 0.25) is 0 Å². The molecule has 1 aliphatic rings. The highest BCUT2D eigenvalue weighted by Crippen LogP contribution is 2.21. The molecule has 0 saturated carbocycles. The molecule has 0 amide bonds. The molecule has 2 rings (SSSR count). The van der Waals surface area contributed by atoms with Crippen molar-refractivity contribution >= 4 is 12.4 Å². The van der Waals surface area contributed by atoms with Crippen LogP contribution in [0.4, 0.5) is 0 Å². The van der Waals surface area contributed by atoms with Crippen LogP contribution in [0.5, 0.6) is 5.75 Å². The number of rotatable bonds is 4. The standard InChI is InChI=1S/C14H22N2O.ClH/c1-15-13-7-9-16(10-8-13)11-12-5-3-4-6-14(12)17-2;/h3-6,13,15H,7-11H2,1-2H3;1H. The lowest BCUT2D eigenvalue weighted by atomic mass is 10.0. The van der Waals surface area contributed by atoms with Crippen LogP contribution in [0.25, 0.3) is 0 Å². The summed E-state index contributed by atoms with van der Waals surface area (Å²) in [7, 11) is 3.80. The van der Waals surface area contributed by atoms with Crippen LogP contribution >= 0.6 is 12.4 Å². The average Bonchev–Trinajstić information content (AvgIpc) is 2.40. The molecule has 1 saturated heterocycles. The minimum absolute atomic E-state index is 0. The van der Waals surface area contributed by atoms with E-state index in [-0.39, 0.29) is 12.4 Å². The Morgan fingerprint density at radius 3 is 2.56 bits per heavy atom. The second-order valence-corrected chi connectivity index (χ2v) is 4.65. The van der Waals surface area contributed by atoms with Crippen molar-refractivity contribution in [2.45, 2.75) is 25.4 Å². The van der Waals surface area contributed by atoms with Crippen molar-refractivity contribution in [2.75, 3.05) is 27.2 Å². The maximum atomic E-state index is 5.39. The van der Waals surface area contributed by atoms with Crippen molar-refractivity contribution in [3.63, 3.8) is 0 Å². The molecule has 1 N–H and O–H groups in total. The summed E-state index contributed by atoms with van der Waals surface area (Å²) in [6.45, 7) is 3.34. The van der Waals surface area contributed by atoms with Crippen molar-refractivity contribution < 1.29 is 4.74 Å². The van der Waals surface area contributed by atoms with Gasteiger partial charge in [-0.1, -0.05) is 18.2 Å². The largest absolute Gasteiger partial charge is 0.496 e. The molecule has 18 heavy (non-hydrogen) atoms. The fourth-order valence-electron chi connectivity index (χ4n) is 2.45. The molecule has 102 valence electrons. The highest BCUT2D eigenvalue weighted by atomic mass is 35.5. The van der Waals surface area contributed by atoms with Gasteiger partial charge in [0.05, 0.1) is 7.11 Å². The van der Waals surface area contributed by atoms with Gasteiger partial charge in [0.25, 0.3) is 0 Å². The highest BCUT2D eigenvalue weighted by Gasteiger charge is 2.18. The van der Waals surface area contributed by atoms with Gasteiger partial charge in [-0.25, -0.2) is 0 Å². The van der Waals surface area contributed by atoms with E-state index in [1.54, 1.807) is 7.11 Å². The third kappa shape index (κ3) is 3.87. The molecular formula is C14H23ClN2O. The maximum absolute atomic E-state index is 5.39. The van der Waals surface area contributed by atoms with Crippen LogP contribution in [-0.4, -0.2) is 38.2 Å². The molecule has 0 unspecified atom stereocenters. The topological polar surface area (TPSA) is 24.5 Å². The first-order chi connectivity index (χ1) is 8.33. The maximum Gasteiger partial charge on any atom is 0.123 e. The molecule has 0 aromatic heterocycles. The van der Waals surface area contributed by atoms with Gasteiger partial charge < -0.3 is 10.1 Å². The highest BCUT2D eigenvalue weighted by molar-refractivity contribution is 5.85. The summed E-state index contributed by atoms with van der Waals surface area (Å²) in [5, 5.41) is 3.36. The smallest absolute Gasteiger partial charge is 0.123 e. The van der Waals surface area contributed by atoms with Gasteiger partial charge in [0.15, 0.2) is 0 Å². The van der Waals surface area contributed by atoms with Crippen LogP contribution < -0.4 is 10.1 Å². The Kier molecular flexibility index (Phi) is 6.47. The zero-order valence-electron chi connectivity index (χ0n) is 11.2. The molecular weight excluding hydrogens is 248 g/mol. The zero-order chi connectivity index (χ0) is 12.1. The van der Waals surface area contributed by atoms with Crippen molar-refractivity contribution in [3.05, 3.63) is 29.8 Å². The molecule has 1 heterocycles. The van der Waals surface area contributed by atoms with E-state index < -0.39 is 0 Å². The van der Waals surface area contributed by atoms with E-state index in [4.69, 9.17) is 4.74 Å². The van der Waals surface area contributed by atoms with Crippen molar-refractivity contribution in [3.8, 4) is 5.75 Å². The second-order valence-electron chi connectivity index (χ2n) is 4.65. The number of ether oxygens (including phenoxy) is 1. The lowest BCUT2D eigenvalue weighted by Crippen LogP contribution is -2.40. The number of hydrogen-bond acceptors (Lipinski definition) is 3. The quantitative estimate of drug-likeness (QED) is 0.909. The van der Waals surface area contributed by atoms with Crippen LogP contribution in [-0.2, 0) is 6.54 Å². The average molecular weight is 271 g/mol. The molecule has 0 aliphatic carbocycles. The van der Waals surface area contributed by atoms with E-state index in [0.717, 1.165) is 12.3 Å². The summed E-state index contributed by atoms with van der Waals surface area (Å²) in [6.07, 6.45) is 2.48. The fraction of sp³-hybridized carbons (Fsp3) is 0.571. The Morgan fingerprint density at radius 2 is 1.94 bits per heavy atom. The summed E-state index contributed by atoms with van der Waals surface area (Å²) >= 11 is 0. The molecule has 1 aromatic rings. The summed E-state index contributed by atoms with van der Waals surface area (Å²) in [4.78, 5) is 2.51. The van der Waals surface area contributed by atoms with Gasteiger partial charge in [0, 0.05) is 18.2 Å². The number of nitrogens with one attached hydrogen (secondary N) is 1. The number of likely N-dealkylation sites (tertiary alicyclic amines) is 1. The molecule has 0 atom stereocenters. The number of benzene rings is 1. The van der Waals surface area contributed by atoms with Gasteiger partial charge in [-0.2, -0.15) is 0 Å². The van der Waals surface area contributed by atoms with Gasteiger partial charge in [-0.3, -0.25) is 4.90 Å². The molecule has 1 aromatic carbocycles. The predicted octanol–water partition coefficient (Wildman–Crippen LogP) is 2.30. The minimum Gasteiger partial charge on any atom is -0.496 e. The number of para-hydroxylation sites is 1. The van der Waals surface area contributed by atoms with E-state index in [1.165, 1.54) is 31.5 Å². The Morgan fingerprint density at radius 1 is 1.28 bits per heavy atom. The molecule has 3 nitrogen and oxygen atoms in total. The monoisotopic (exact) mass is 270 g/mol. The minimum atomic E-state index is 0. The Hall–Kier alpha value is -0.770. The first-order valence-electron chi connectivity index (χ1n) is 6.35. The van der Waals surface area contributed by atoms with E-state index in [1.807, 2.05) is 12.1 Å². The third-order valence-electron chi connectivity index (χ3n) is 3.58. The summed E-state index contributed by atoms with van der Waals surface area (Å²) in [5.41, 5.74) is 1.29. The van der Waals surface area contributed by atoms with Crippen molar-refractivity contribution in [1.82, 2.24) is 10.2 Å². The first kappa shape index (κ1) is 15.3. The Labute approximate surface area is 116 Å². The van der Waals surface area contributed by atoms with Crippen molar-refractivity contribution in [2.24, 2.45) is 0 Å². The molecule has 0 radical (unpaired) electrons. The van der Waals surface area contributed by atoms with E-state index >= 15 is 0 Å². The number of piperidine rings is 1. The number of nitrogens with zero attached hydrogens (tertiary/aromatic N) is 1. The number of halogens is 1. The lowest BCUT2D eigenvalue weighted by Gasteiger charge is -2.32. The Balaban J connectivity index is 0.00000162. The normalized spacial score (nSPS) is 17.2. The van der Waals surface area contributed by atoms with Gasteiger partial charge >= 0.3 is 0 Å². The van der Waals surface area contributed by atoms with E-state index in [2.05, 4.69) is 29.4 Å². The fourth-order valence-corrected chi connectivity index (χ4v) is 2.45. The number of hydrogen-bond donors (Lipinski definition) is 1. The molecule has 0 spiro atoms. The number of methoxy groups -OCH3 is 1. The van der Waals surface area contributed by atoms with Crippen molar-refractivity contribution in [1.29, 1.82) is 0 Å².